The van der Waals surface area contributed by atoms with Gasteiger partial charge in [0.25, 0.3) is 0 Å². The molecule has 1 N–H and O–H groups in total. The lowest BCUT2D eigenvalue weighted by Crippen LogP contribution is -2.33. The molecule has 0 unspecified atom stereocenters. The lowest BCUT2D eigenvalue weighted by Gasteiger charge is -2.39. The predicted octanol–water partition coefficient (Wildman–Crippen LogP) is 4.19. The smallest absolute Gasteiger partial charge is 0.0988 e. The largest absolute Gasteiger partial charge is 0.384 e. The maximum Gasteiger partial charge on any atom is 0.0988 e. The van der Waals surface area contributed by atoms with E-state index in [9.17, 15) is 5.11 Å². The lowest BCUT2D eigenvalue weighted by molar-refractivity contribution is -0.0275. The highest BCUT2D eigenvalue weighted by molar-refractivity contribution is 7.16. The maximum atomic E-state index is 10.5. The molecule has 0 bridgehead atoms. The Balaban J connectivity index is 2.16. The molecule has 0 radical (unpaired) electrons. The van der Waals surface area contributed by atoms with Crippen molar-refractivity contribution in [3.05, 3.63) is 21.3 Å². The van der Waals surface area contributed by atoms with Gasteiger partial charge in [0.2, 0.25) is 0 Å². The molecule has 3 heteroatoms. The minimum Gasteiger partial charge on any atom is -0.384 e. The molecule has 1 nitrogen and oxygen atoms in total. The van der Waals surface area contributed by atoms with Crippen LogP contribution in [0.15, 0.2) is 12.1 Å². The van der Waals surface area contributed by atoms with E-state index in [1.807, 2.05) is 12.1 Å². The monoisotopic (exact) mass is 244 g/mol. The molecule has 0 spiro atoms. The average molecular weight is 245 g/mol. The Labute approximate surface area is 100 Å². The first-order chi connectivity index (χ1) is 6.91. The molecule has 1 aromatic heterocycles. The van der Waals surface area contributed by atoms with Gasteiger partial charge in [0.05, 0.1) is 9.94 Å². The van der Waals surface area contributed by atoms with Crippen molar-refractivity contribution in [1.29, 1.82) is 0 Å². The second-order valence-electron chi connectivity index (χ2n) is 5.30. The van der Waals surface area contributed by atoms with Gasteiger partial charge in [-0.3, -0.25) is 0 Å². The summed E-state index contributed by atoms with van der Waals surface area (Å²) in [6.45, 7) is 4.54. The fourth-order valence-corrected chi connectivity index (χ4v) is 3.34. The fourth-order valence-electron chi connectivity index (χ4n) is 2.15. The predicted molar refractivity (Wildman–Crippen MR) is 65.5 cm³/mol. The molecule has 1 aliphatic rings. The van der Waals surface area contributed by atoms with Gasteiger partial charge >= 0.3 is 0 Å². The van der Waals surface area contributed by atoms with Crippen molar-refractivity contribution < 1.29 is 5.11 Å². The van der Waals surface area contributed by atoms with Crippen molar-refractivity contribution in [3.8, 4) is 0 Å². The summed E-state index contributed by atoms with van der Waals surface area (Å²) in [4.78, 5) is 1.03. The topological polar surface area (TPSA) is 20.2 Å². The second kappa shape index (κ2) is 3.76. The minimum absolute atomic E-state index is 0.382. The molecular formula is C12H17ClOS. The first kappa shape index (κ1) is 11.4. The standard InChI is InChI=1S/C12H17ClOS/c1-11(2)5-7-12(14,8-6-11)9-3-4-10(13)15-9/h3-4,14H,5-8H2,1-2H3. The van der Waals surface area contributed by atoms with E-state index in [0.29, 0.717) is 5.41 Å². The Hall–Kier alpha value is -0.0500. The van der Waals surface area contributed by atoms with Crippen LogP contribution in [0.2, 0.25) is 4.34 Å². The molecular weight excluding hydrogens is 228 g/mol. The zero-order chi connectivity index (χ0) is 11.1. The van der Waals surface area contributed by atoms with Crippen LogP contribution >= 0.6 is 22.9 Å². The van der Waals surface area contributed by atoms with Crippen molar-refractivity contribution in [1.82, 2.24) is 0 Å². The van der Waals surface area contributed by atoms with Gasteiger partial charge < -0.3 is 5.11 Å². The summed E-state index contributed by atoms with van der Waals surface area (Å²) >= 11 is 7.41. The fraction of sp³-hybridized carbons (Fsp3) is 0.667. The minimum atomic E-state index is -0.618. The highest BCUT2D eigenvalue weighted by Gasteiger charge is 2.38. The van der Waals surface area contributed by atoms with E-state index in [4.69, 9.17) is 11.6 Å². The maximum absolute atomic E-state index is 10.5. The van der Waals surface area contributed by atoms with Gasteiger partial charge in [-0.25, -0.2) is 0 Å². The van der Waals surface area contributed by atoms with Crippen LogP contribution in [0.4, 0.5) is 0 Å². The van der Waals surface area contributed by atoms with E-state index in [2.05, 4.69) is 13.8 Å². The number of rotatable bonds is 1. The Bertz CT molecular complexity index is 346. The molecule has 2 rings (SSSR count). The molecule has 0 amide bonds. The van der Waals surface area contributed by atoms with Crippen LogP contribution < -0.4 is 0 Å². The SMILES string of the molecule is CC1(C)CCC(O)(c2ccc(Cl)s2)CC1. The van der Waals surface area contributed by atoms with Crippen LogP contribution in [-0.4, -0.2) is 5.11 Å². The number of aliphatic hydroxyl groups is 1. The zero-order valence-electron chi connectivity index (χ0n) is 9.22. The molecule has 0 aromatic carbocycles. The van der Waals surface area contributed by atoms with Crippen LogP contribution in [0.3, 0.4) is 0 Å². The molecule has 0 atom stereocenters. The van der Waals surface area contributed by atoms with E-state index in [0.717, 1.165) is 34.9 Å². The Morgan fingerprint density at radius 3 is 2.27 bits per heavy atom. The molecule has 15 heavy (non-hydrogen) atoms. The summed E-state index contributed by atoms with van der Waals surface area (Å²) in [6, 6.07) is 3.84. The summed E-state index contributed by atoms with van der Waals surface area (Å²) in [5, 5.41) is 10.5. The number of hydrogen-bond donors (Lipinski definition) is 1. The zero-order valence-corrected chi connectivity index (χ0v) is 10.8. The summed E-state index contributed by atoms with van der Waals surface area (Å²) in [6.07, 6.45) is 3.88. The molecule has 1 aliphatic carbocycles. The summed E-state index contributed by atoms with van der Waals surface area (Å²) in [5.41, 5.74) is -0.236. The van der Waals surface area contributed by atoms with Crippen molar-refractivity contribution >= 4 is 22.9 Å². The molecule has 1 fully saturated rings. The average Bonchev–Trinajstić information content (AvgIpc) is 2.59. The summed E-state index contributed by atoms with van der Waals surface area (Å²) in [5.74, 6) is 0. The number of thiophene rings is 1. The first-order valence-electron chi connectivity index (χ1n) is 5.40. The van der Waals surface area contributed by atoms with Crippen LogP contribution in [0.5, 0.6) is 0 Å². The molecule has 1 heterocycles. The molecule has 0 saturated heterocycles. The Kier molecular flexibility index (Phi) is 2.87. The highest BCUT2D eigenvalue weighted by atomic mass is 35.5. The third kappa shape index (κ3) is 2.38. The second-order valence-corrected chi connectivity index (χ2v) is 7.01. The van der Waals surface area contributed by atoms with Crippen molar-refractivity contribution in [3.63, 3.8) is 0 Å². The highest BCUT2D eigenvalue weighted by Crippen LogP contribution is 2.47. The Morgan fingerprint density at radius 2 is 1.80 bits per heavy atom. The van der Waals surface area contributed by atoms with Crippen molar-refractivity contribution in [2.45, 2.75) is 45.1 Å². The van der Waals surface area contributed by atoms with Gasteiger partial charge in [-0.15, -0.1) is 11.3 Å². The van der Waals surface area contributed by atoms with E-state index in [1.165, 1.54) is 11.3 Å². The van der Waals surface area contributed by atoms with Crippen molar-refractivity contribution in [2.24, 2.45) is 5.41 Å². The Morgan fingerprint density at radius 1 is 1.20 bits per heavy atom. The quantitative estimate of drug-likeness (QED) is 0.786. The van der Waals surface area contributed by atoms with Crippen LogP contribution in [0.1, 0.15) is 44.4 Å². The molecule has 1 aromatic rings. The normalized spacial score (nSPS) is 24.0. The van der Waals surface area contributed by atoms with Crippen molar-refractivity contribution in [2.75, 3.05) is 0 Å². The van der Waals surface area contributed by atoms with E-state index >= 15 is 0 Å². The summed E-state index contributed by atoms with van der Waals surface area (Å²) in [7, 11) is 0. The first-order valence-corrected chi connectivity index (χ1v) is 6.59. The van der Waals surface area contributed by atoms with E-state index in [-0.39, 0.29) is 0 Å². The number of halogens is 1. The summed E-state index contributed by atoms with van der Waals surface area (Å²) < 4.78 is 0.767. The van der Waals surface area contributed by atoms with Crippen LogP contribution in [0.25, 0.3) is 0 Å². The van der Waals surface area contributed by atoms with Gasteiger partial charge in [0, 0.05) is 4.88 Å². The third-order valence-electron chi connectivity index (χ3n) is 3.46. The third-order valence-corrected chi connectivity index (χ3v) is 4.89. The van der Waals surface area contributed by atoms with E-state index in [1.54, 1.807) is 0 Å². The van der Waals surface area contributed by atoms with E-state index < -0.39 is 5.60 Å². The van der Waals surface area contributed by atoms with Crippen LogP contribution in [0, 0.1) is 5.41 Å². The molecule has 0 aliphatic heterocycles. The van der Waals surface area contributed by atoms with Gasteiger partial charge in [0.1, 0.15) is 0 Å². The number of hydrogen-bond acceptors (Lipinski definition) is 2. The molecule has 84 valence electrons. The van der Waals surface area contributed by atoms with Crippen LogP contribution in [-0.2, 0) is 5.60 Å². The van der Waals surface area contributed by atoms with Gasteiger partial charge in [-0.1, -0.05) is 25.4 Å². The van der Waals surface area contributed by atoms with Gasteiger partial charge in [-0.2, -0.15) is 0 Å². The molecule has 1 saturated carbocycles. The van der Waals surface area contributed by atoms with Gasteiger partial charge in [0.15, 0.2) is 0 Å². The van der Waals surface area contributed by atoms with Gasteiger partial charge in [-0.05, 0) is 43.2 Å². The lowest BCUT2D eigenvalue weighted by atomic mass is 9.70.